The van der Waals surface area contributed by atoms with Gasteiger partial charge in [0, 0.05) is 29.1 Å². The van der Waals surface area contributed by atoms with Crippen molar-refractivity contribution in [2.75, 3.05) is 20.1 Å². The fraction of sp³-hybridized carbons (Fsp3) is 0.333. The largest absolute Gasteiger partial charge is 0.477 e. The van der Waals surface area contributed by atoms with Gasteiger partial charge in [-0.3, -0.25) is 4.79 Å². The molecular weight excluding hydrogens is 256 g/mol. The van der Waals surface area contributed by atoms with Crippen LogP contribution in [0, 0.1) is 0 Å². The van der Waals surface area contributed by atoms with Gasteiger partial charge in [-0.15, -0.1) is 0 Å². The molecule has 1 fully saturated rings. The lowest BCUT2D eigenvalue weighted by atomic mass is 9.97. The third kappa shape index (κ3) is 2.00. The fourth-order valence-electron chi connectivity index (χ4n) is 2.94. The second-order valence-electron chi connectivity index (χ2n) is 5.34. The average Bonchev–Trinajstić information content (AvgIpc) is 2.84. The van der Waals surface area contributed by atoms with Crippen LogP contribution >= 0.6 is 0 Å². The van der Waals surface area contributed by atoms with E-state index in [-0.39, 0.29) is 11.5 Å². The van der Waals surface area contributed by atoms with Crippen LogP contribution in [0.1, 0.15) is 28.4 Å². The van der Waals surface area contributed by atoms with Crippen molar-refractivity contribution in [1.29, 1.82) is 0 Å². The highest BCUT2D eigenvalue weighted by Crippen LogP contribution is 2.27. The summed E-state index contributed by atoms with van der Waals surface area (Å²) in [6.45, 7) is 1.69. The number of hydrogen-bond donors (Lipinski definition) is 2. The van der Waals surface area contributed by atoms with E-state index in [2.05, 4.69) is 9.88 Å². The number of nitrogens with one attached hydrogen (secondary N) is 1. The summed E-state index contributed by atoms with van der Waals surface area (Å²) < 4.78 is 0. The van der Waals surface area contributed by atoms with Gasteiger partial charge in [-0.25, -0.2) is 4.79 Å². The maximum Gasteiger partial charge on any atom is 0.341 e. The van der Waals surface area contributed by atoms with Crippen LogP contribution in [0.3, 0.4) is 0 Å². The monoisotopic (exact) mass is 272 g/mol. The first-order valence-corrected chi connectivity index (χ1v) is 6.64. The molecule has 0 saturated carbocycles. The molecule has 20 heavy (non-hydrogen) atoms. The van der Waals surface area contributed by atoms with Crippen molar-refractivity contribution in [3.05, 3.63) is 45.7 Å². The van der Waals surface area contributed by atoms with E-state index in [1.54, 1.807) is 12.1 Å². The molecule has 1 aromatic carbocycles. The number of pyridine rings is 1. The number of H-pyrrole nitrogens is 1. The van der Waals surface area contributed by atoms with E-state index in [1.165, 1.54) is 0 Å². The Hall–Kier alpha value is -2.14. The number of aromatic amines is 1. The van der Waals surface area contributed by atoms with E-state index in [0.29, 0.717) is 16.6 Å². The van der Waals surface area contributed by atoms with Gasteiger partial charge in [0.25, 0.3) is 0 Å². The first kappa shape index (κ1) is 12.9. The Morgan fingerprint density at radius 3 is 2.80 bits per heavy atom. The summed E-state index contributed by atoms with van der Waals surface area (Å²) in [5.74, 6) is -1.08. The summed E-state index contributed by atoms with van der Waals surface area (Å²) in [5, 5.41) is 9.83. The minimum Gasteiger partial charge on any atom is -0.477 e. The maximum atomic E-state index is 12.4. The number of aromatic carboxylic acids is 1. The number of fused-ring (bicyclic) bond motifs is 1. The minimum absolute atomic E-state index is 0.0726. The molecule has 2 aromatic rings. The number of rotatable bonds is 2. The number of hydrogen-bond acceptors (Lipinski definition) is 3. The summed E-state index contributed by atoms with van der Waals surface area (Å²) in [6, 6.07) is 7.05. The SMILES string of the molecule is CN1CCC(c2[nH]c3ccccc3c(=O)c2C(=O)O)C1. The number of aromatic nitrogens is 1. The van der Waals surface area contributed by atoms with E-state index in [0.717, 1.165) is 19.5 Å². The van der Waals surface area contributed by atoms with E-state index < -0.39 is 11.4 Å². The molecule has 5 heteroatoms. The number of likely N-dealkylation sites (N-methyl/N-ethyl adjacent to an activating group) is 1. The molecule has 0 aliphatic carbocycles. The smallest absolute Gasteiger partial charge is 0.341 e. The van der Waals surface area contributed by atoms with Crippen molar-refractivity contribution in [1.82, 2.24) is 9.88 Å². The summed E-state index contributed by atoms with van der Waals surface area (Å²) in [7, 11) is 2.00. The van der Waals surface area contributed by atoms with Crippen LogP contribution in [0.4, 0.5) is 0 Å². The molecule has 1 atom stereocenters. The maximum absolute atomic E-state index is 12.4. The first-order valence-electron chi connectivity index (χ1n) is 6.64. The summed E-state index contributed by atoms with van der Waals surface area (Å²) in [4.78, 5) is 29.2. The van der Waals surface area contributed by atoms with Gasteiger partial charge in [-0.05, 0) is 32.1 Å². The highest BCUT2D eigenvalue weighted by Gasteiger charge is 2.28. The fourth-order valence-corrected chi connectivity index (χ4v) is 2.94. The van der Waals surface area contributed by atoms with E-state index >= 15 is 0 Å². The second kappa shape index (κ2) is 4.76. The Balaban J connectivity index is 2.27. The Morgan fingerprint density at radius 1 is 1.40 bits per heavy atom. The molecule has 2 heterocycles. The van der Waals surface area contributed by atoms with E-state index in [4.69, 9.17) is 0 Å². The van der Waals surface area contributed by atoms with Gasteiger partial charge in [0.05, 0.1) is 0 Å². The van der Waals surface area contributed by atoms with Crippen molar-refractivity contribution in [2.45, 2.75) is 12.3 Å². The van der Waals surface area contributed by atoms with Crippen LogP contribution in [0.2, 0.25) is 0 Å². The second-order valence-corrected chi connectivity index (χ2v) is 5.34. The average molecular weight is 272 g/mol. The molecule has 1 unspecified atom stereocenters. The molecule has 0 radical (unpaired) electrons. The topological polar surface area (TPSA) is 73.4 Å². The van der Waals surface area contributed by atoms with Crippen LogP contribution in [-0.4, -0.2) is 41.1 Å². The van der Waals surface area contributed by atoms with Crippen LogP contribution < -0.4 is 5.43 Å². The van der Waals surface area contributed by atoms with Gasteiger partial charge < -0.3 is 15.0 Å². The standard InChI is InChI=1S/C15H16N2O3/c1-17-7-6-9(8-17)13-12(15(19)20)14(18)10-4-2-3-5-11(10)16-13/h2-5,9H,6-8H2,1H3,(H,16,18)(H,19,20). The minimum atomic E-state index is -1.15. The Labute approximate surface area is 115 Å². The number of nitrogens with zero attached hydrogens (tertiary/aromatic N) is 1. The number of carboxylic acids is 1. The highest BCUT2D eigenvalue weighted by atomic mass is 16.4. The summed E-state index contributed by atoms with van der Waals surface area (Å²) in [6.07, 6.45) is 0.866. The molecule has 5 nitrogen and oxygen atoms in total. The normalized spacial score (nSPS) is 19.6. The molecule has 1 aromatic heterocycles. The van der Waals surface area contributed by atoms with Crippen LogP contribution in [-0.2, 0) is 0 Å². The lowest BCUT2D eigenvalue weighted by molar-refractivity contribution is 0.0693. The number of carbonyl (C=O) groups is 1. The zero-order valence-electron chi connectivity index (χ0n) is 11.2. The van der Waals surface area contributed by atoms with Gasteiger partial charge in [0.15, 0.2) is 0 Å². The van der Waals surface area contributed by atoms with Gasteiger partial charge in [-0.1, -0.05) is 12.1 Å². The number of para-hydroxylation sites is 1. The van der Waals surface area contributed by atoms with Crippen LogP contribution in [0.15, 0.2) is 29.1 Å². The van der Waals surface area contributed by atoms with Crippen LogP contribution in [0.5, 0.6) is 0 Å². The van der Waals surface area contributed by atoms with E-state index in [9.17, 15) is 14.7 Å². The Bertz CT molecular complexity index is 735. The van der Waals surface area contributed by atoms with Gasteiger partial charge >= 0.3 is 5.97 Å². The van der Waals surface area contributed by atoms with Crippen molar-refractivity contribution >= 4 is 16.9 Å². The Kier molecular flexibility index (Phi) is 3.06. The van der Waals surface area contributed by atoms with E-state index in [1.807, 2.05) is 19.2 Å². The lowest BCUT2D eigenvalue weighted by Gasteiger charge is -2.14. The first-order chi connectivity index (χ1) is 9.58. The summed E-state index contributed by atoms with van der Waals surface area (Å²) >= 11 is 0. The molecule has 1 aliphatic rings. The molecular formula is C15H16N2O3. The molecule has 1 aliphatic heterocycles. The van der Waals surface area contributed by atoms with Crippen molar-refractivity contribution in [2.24, 2.45) is 0 Å². The predicted octanol–water partition coefficient (Wildman–Crippen LogP) is 1.65. The number of carboxylic acid groups (broad SMARTS) is 1. The number of likely N-dealkylation sites (tertiary alicyclic amines) is 1. The summed E-state index contributed by atoms with van der Waals surface area (Å²) in [5.41, 5.74) is 0.762. The van der Waals surface area contributed by atoms with Crippen molar-refractivity contribution < 1.29 is 9.90 Å². The third-order valence-corrected chi connectivity index (χ3v) is 3.95. The van der Waals surface area contributed by atoms with Crippen molar-refractivity contribution in [3.8, 4) is 0 Å². The lowest BCUT2D eigenvalue weighted by Crippen LogP contribution is -2.23. The quantitative estimate of drug-likeness (QED) is 0.871. The zero-order chi connectivity index (χ0) is 14.3. The molecule has 104 valence electrons. The van der Waals surface area contributed by atoms with Gasteiger partial charge in [0.2, 0.25) is 5.43 Å². The van der Waals surface area contributed by atoms with Gasteiger partial charge in [0.1, 0.15) is 5.56 Å². The molecule has 0 spiro atoms. The van der Waals surface area contributed by atoms with Crippen molar-refractivity contribution in [3.63, 3.8) is 0 Å². The van der Waals surface area contributed by atoms with Gasteiger partial charge in [-0.2, -0.15) is 0 Å². The zero-order valence-corrected chi connectivity index (χ0v) is 11.2. The predicted molar refractivity (Wildman–Crippen MR) is 76.4 cm³/mol. The Morgan fingerprint density at radius 2 is 2.15 bits per heavy atom. The third-order valence-electron chi connectivity index (χ3n) is 3.95. The molecule has 1 saturated heterocycles. The van der Waals surface area contributed by atoms with Crippen LogP contribution in [0.25, 0.3) is 10.9 Å². The molecule has 2 N–H and O–H groups in total. The number of benzene rings is 1. The molecule has 0 bridgehead atoms. The highest BCUT2D eigenvalue weighted by molar-refractivity contribution is 5.94. The molecule has 3 rings (SSSR count). The molecule has 0 amide bonds.